The summed E-state index contributed by atoms with van der Waals surface area (Å²) in [5, 5.41) is 0.514. The smallest absolute Gasteiger partial charge is 0.277 e. The van der Waals surface area contributed by atoms with Crippen LogP contribution in [0.25, 0.3) is 0 Å². The number of rotatable bonds is 4. The minimum atomic E-state index is -3.06. The molecular formula is C18H22N2O5S2. The molecule has 0 N–H and O–H groups in total. The molecule has 3 fully saturated rings. The summed E-state index contributed by atoms with van der Waals surface area (Å²) in [6.45, 7) is 1.07. The highest BCUT2D eigenvalue weighted by Crippen LogP contribution is 2.39. The Bertz CT molecular complexity index is 864. The third-order valence-electron chi connectivity index (χ3n) is 5.07. The lowest BCUT2D eigenvalue weighted by Crippen LogP contribution is -2.37. The lowest BCUT2D eigenvalue weighted by atomic mass is 10.1. The van der Waals surface area contributed by atoms with Gasteiger partial charge in [-0.1, -0.05) is 23.9 Å². The van der Waals surface area contributed by atoms with Crippen molar-refractivity contribution in [2.24, 2.45) is 4.99 Å². The fourth-order valence-corrected chi connectivity index (χ4v) is 7.68. The van der Waals surface area contributed by atoms with Crippen molar-refractivity contribution in [3.8, 4) is 5.75 Å². The normalized spacial score (nSPS) is 30.6. The van der Waals surface area contributed by atoms with E-state index in [4.69, 9.17) is 9.47 Å². The molecule has 0 bridgehead atoms. The fraction of sp³-hybridized carbons (Fsp3) is 0.556. The fourth-order valence-electron chi connectivity index (χ4n) is 3.73. The van der Waals surface area contributed by atoms with E-state index in [1.54, 1.807) is 7.11 Å². The molecule has 0 aromatic heterocycles. The predicted molar refractivity (Wildman–Crippen MR) is 104 cm³/mol. The van der Waals surface area contributed by atoms with Crippen LogP contribution >= 0.6 is 11.8 Å². The van der Waals surface area contributed by atoms with Gasteiger partial charge in [-0.25, -0.2) is 8.42 Å². The van der Waals surface area contributed by atoms with Crippen LogP contribution in [0.15, 0.2) is 29.3 Å². The molecule has 0 aliphatic carbocycles. The van der Waals surface area contributed by atoms with Crippen LogP contribution in [0, 0.1) is 0 Å². The number of nitrogens with zero attached hydrogens (tertiary/aromatic N) is 2. The van der Waals surface area contributed by atoms with E-state index < -0.39 is 15.9 Å². The summed E-state index contributed by atoms with van der Waals surface area (Å²) in [5.74, 6) is 0.698. The van der Waals surface area contributed by atoms with Gasteiger partial charge < -0.3 is 14.4 Å². The van der Waals surface area contributed by atoms with Crippen molar-refractivity contribution in [2.45, 2.75) is 36.8 Å². The number of sulfone groups is 1. The van der Waals surface area contributed by atoms with E-state index >= 15 is 0 Å². The predicted octanol–water partition coefficient (Wildman–Crippen LogP) is 1.47. The topological polar surface area (TPSA) is 85.3 Å². The summed E-state index contributed by atoms with van der Waals surface area (Å²) in [6, 6.07) is 7.47. The lowest BCUT2D eigenvalue weighted by molar-refractivity contribution is -0.126. The van der Waals surface area contributed by atoms with Gasteiger partial charge in [0.2, 0.25) is 0 Å². The van der Waals surface area contributed by atoms with Crippen molar-refractivity contribution in [3.05, 3.63) is 29.8 Å². The summed E-state index contributed by atoms with van der Waals surface area (Å²) < 4.78 is 34.9. The van der Waals surface area contributed by atoms with E-state index in [2.05, 4.69) is 4.99 Å². The lowest BCUT2D eigenvalue weighted by Gasteiger charge is -2.24. The molecule has 0 unspecified atom stereocenters. The van der Waals surface area contributed by atoms with Gasteiger partial charge in [0, 0.05) is 18.4 Å². The van der Waals surface area contributed by atoms with Crippen LogP contribution in [0.3, 0.4) is 0 Å². The molecule has 3 atom stereocenters. The number of hydrogen-bond acceptors (Lipinski definition) is 6. The Morgan fingerprint density at radius 3 is 3.00 bits per heavy atom. The molecule has 4 rings (SSSR count). The Morgan fingerprint density at radius 2 is 2.26 bits per heavy atom. The number of carbonyl (C=O) groups excluding carboxylic acids is 1. The molecule has 9 heteroatoms. The number of amidine groups is 1. The SMILES string of the molecule is COc1cccc(CN2C(=NC(=O)[C@H]3CCCO3)S[C@H]3CS(=O)(=O)C[C@@H]32)c1. The molecule has 0 saturated carbocycles. The standard InChI is InChI=1S/C18H22N2O5S2/c1-24-13-5-2-4-12(8-13)9-20-14-10-27(22,23)11-16(14)26-18(20)19-17(21)15-6-3-7-25-15/h2,4-5,8,14-16H,3,6-7,9-11H2,1H3/t14-,15+,16-/m0/s1. The number of aliphatic imine (C=N–C) groups is 1. The average molecular weight is 411 g/mol. The third-order valence-corrected chi connectivity index (χ3v) is 8.32. The maximum absolute atomic E-state index is 12.5. The quantitative estimate of drug-likeness (QED) is 0.743. The summed E-state index contributed by atoms with van der Waals surface area (Å²) in [6.07, 6.45) is 1.09. The van der Waals surface area contributed by atoms with Crippen molar-refractivity contribution >= 4 is 32.7 Å². The Labute approximate surface area is 163 Å². The van der Waals surface area contributed by atoms with Gasteiger partial charge in [0.05, 0.1) is 24.7 Å². The molecule has 1 aromatic rings. The number of thioether (sulfide) groups is 1. The monoisotopic (exact) mass is 410 g/mol. The van der Waals surface area contributed by atoms with Crippen LogP contribution < -0.4 is 4.74 Å². The molecule has 3 heterocycles. The zero-order chi connectivity index (χ0) is 19.0. The highest BCUT2D eigenvalue weighted by atomic mass is 32.2. The molecule has 0 spiro atoms. The van der Waals surface area contributed by atoms with Gasteiger partial charge in [0.25, 0.3) is 5.91 Å². The van der Waals surface area contributed by atoms with Crippen molar-refractivity contribution in [3.63, 3.8) is 0 Å². The summed E-state index contributed by atoms with van der Waals surface area (Å²) in [5.41, 5.74) is 0.983. The van der Waals surface area contributed by atoms with Crippen LogP contribution in [0.1, 0.15) is 18.4 Å². The van der Waals surface area contributed by atoms with E-state index in [0.29, 0.717) is 24.7 Å². The summed E-state index contributed by atoms with van der Waals surface area (Å²) >= 11 is 1.40. The van der Waals surface area contributed by atoms with E-state index in [9.17, 15) is 13.2 Å². The van der Waals surface area contributed by atoms with E-state index in [0.717, 1.165) is 17.7 Å². The maximum Gasteiger partial charge on any atom is 0.277 e. The highest BCUT2D eigenvalue weighted by molar-refractivity contribution is 8.15. The van der Waals surface area contributed by atoms with Crippen LogP contribution in [-0.2, 0) is 25.9 Å². The highest BCUT2D eigenvalue weighted by Gasteiger charge is 2.48. The number of ether oxygens (including phenoxy) is 2. The first-order valence-corrected chi connectivity index (χ1v) is 11.7. The molecule has 3 saturated heterocycles. The second-order valence-corrected chi connectivity index (χ2v) is 10.4. The number of benzene rings is 1. The molecule has 1 aromatic carbocycles. The molecular weight excluding hydrogens is 388 g/mol. The Morgan fingerprint density at radius 1 is 1.41 bits per heavy atom. The Hall–Kier alpha value is -1.58. The van der Waals surface area contributed by atoms with E-state index in [1.807, 2.05) is 29.2 Å². The minimum absolute atomic E-state index is 0.0864. The number of fused-ring (bicyclic) bond motifs is 1. The number of methoxy groups -OCH3 is 1. The number of amides is 1. The summed E-state index contributed by atoms with van der Waals surface area (Å²) in [4.78, 5) is 18.7. The van der Waals surface area contributed by atoms with Crippen molar-refractivity contribution in [1.82, 2.24) is 4.90 Å². The molecule has 1 amide bonds. The summed E-state index contributed by atoms with van der Waals surface area (Å²) in [7, 11) is -1.45. The van der Waals surface area contributed by atoms with Gasteiger partial charge >= 0.3 is 0 Å². The molecule has 3 aliphatic heterocycles. The van der Waals surface area contributed by atoms with E-state index in [1.165, 1.54) is 11.8 Å². The van der Waals surface area contributed by atoms with Crippen molar-refractivity contribution in [2.75, 3.05) is 25.2 Å². The molecule has 7 nitrogen and oxygen atoms in total. The Balaban J connectivity index is 1.60. The van der Waals surface area contributed by atoms with Crippen LogP contribution in [-0.4, -0.2) is 67.0 Å². The molecule has 0 radical (unpaired) electrons. The van der Waals surface area contributed by atoms with Gasteiger partial charge in [-0.2, -0.15) is 4.99 Å². The van der Waals surface area contributed by atoms with Gasteiger partial charge in [-0.15, -0.1) is 0 Å². The average Bonchev–Trinajstić information content (AvgIpc) is 3.32. The van der Waals surface area contributed by atoms with Crippen LogP contribution in [0.5, 0.6) is 5.75 Å². The maximum atomic E-state index is 12.5. The Kier molecular flexibility index (Phi) is 5.17. The largest absolute Gasteiger partial charge is 0.497 e. The van der Waals surface area contributed by atoms with Crippen molar-refractivity contribution < 1.29 is 22.7 Å². The van der Waals surface area contributed by atoms with Crippen molar-refractivity contribution in [1.29, 1.82) is 0 Å². The molecule has 27 heavy (non-hydrogen) atoms. The zero-order valence-electron chi connectivity index (χ0n) is 15.0. The second-order valence-electron chi connectivity index (χ2n) is 7.01. The third kappa shape index (κ3) is 4.00. The number of hydrogen-bond donors (Lipinski definition) is 0. The second kappa shape index (κ2) is 7.44. The van der Waals surface area contributed by atoms with Crippen LogP contribution in [0.2, 0.25) is 0 Å². The van der Waals surface area contributed by atoms with Gasteiger partial charge in [0.15, 0.2) is 15.0 Å². The van der Waals surface area contributed by atoms with E-state index in [-0.39, 0.29) is 28.7 Å². The van der Waals surface area contributed by atoms with Gasteiger partial charge in [0.1, 0.15) is 11.9 Å². The first-order chi connectivity index (χ1) is 12.9. The zero-order valence-corrected chi connectivity index (χ0v) is 16.7. The molecule has 146 valence electrons. The first-order valence-electron chi connectivity index (χ1n) is 8.96. The number of carbonyl (C=O) groups is 1. The minimum Gasteiger partial charge on any atom is -0.497 e. The van der Waals surface area contributed by atoms with Gasteiger partial charge in [-0.3, -0.25) is 4.79 Å². The molecule has 3 aliphatic rings. The first kappa shape index (κ1) is 18.8. The van der Waals surface area contributed by atoms with Gasteiger partial charge in [-0.05, 0) is 30.5 Å². The van der Waals surface area contributed by atoms with Crippen LogP contribution in [0.4, 0.5) is 0 Å².